The van der Waals surface area contributed by atoms with Crippen molar-refractivity contribution in [2.24, 2.45) is 0 Å². The Morgan fingerprint density at radius 2 is 1.77 bits per heavy atom. The molecule has 0 aliphatic carbocycles. The third-order valence-electron chi connectivity index (χ3n) is 5.37. The van der Waals surface area contributed by atoms with Gasteiger partial charge in [0, 0.05) is 42.3 Å². The first-order chi connectivity index (χ1) is 14.5. The van der Waals surface area contributed by atoms with E-state index in [0.29, 0.717) is 6.54 Å². The van der Waals surface area contributed by atoms with Crippen LogP contribution in [0.3, 0.4) is 0 Å². The summed E-state index contributed by atoms with van der Waals surface area (Å²) in [5.74, 6) is -0.0733. The molecule has 0 saturated carbocycles. The summed E-state index contributed by atoms with van der Waals surface area (Å²) in [6, 6.07) is 13.7. The van der Waals surface area contributed by atoms with Gasteiger partial charge in [0.1, 0.15) is 11.5 Å². The number of halogens is 1. The highest BCUT2D eigenvalue weighted by atomic mass is 32.2. The maximum atomic E-state index is 13.5. The molecule has 4 heterocycles. The molecule has 30 heavy (non-hydrogen) atoms. The molecule has 0 amide bonds. The van der Waals surface area contributed by atoms with E-state index in [1.165, 1.54) is 12.1 Å². The molecule has 0 unspecified atom stereocenters. The molecular weight excluding hydrogens is 403 g/mol. The van der Waals surface area contributed by atoms with Crippen LogP contribution in [0.1, 0.15) is 11.6 Å². The fraction of sp³-hybridized carbons (Fsp3) is 0.182. The molecule has 0 bridgehead atoms. The topological polar surface area (TPSA) is 76.4 Å². The van der Waals surface area contributed by atoms with E-state index < -0.39 is 9.84 Å². The Morgan fingerprint density at radius 3 is 2.50 bits per heavy atom. The average Bonchev–Trinajstić information content (AvgIpc) is 3.13. The van der Waals surface area contributed by atoms with E-state index in [-0.39, 0.29) is 23.4 Å². The number of aromatic nitrogens is 3. The molecule has 0 spiro atoms. The lowest BCUT2D eigenvalue weighted by Crippen LogP contribution is -2.39. The van der Waals surface area contributed by atoms with Gasteiger partial charge in [-0.1, -0.05) is 6.07 Å². The number of pyridine rings is 2. The maximum absolute atomic E-state index is 13.5. The molecule has 8 heteroatoms. The van der Waals surface area contributed by atoms with Crippen molar-refractivity contribution in [3.05, 3.63) is 78.5 Å². The summed E-state index contributed by atoms with van der Waals surface area (Å²) in [6.45, 7) is 0.438. The van der Waals surface area contributed by atoms with Crippen LogP contribution in [0.5, 0.6) is 0 Å². The van der Waals surface area contributed by atoms with Gasteiger partial charge in [0.25, 0.3) is 0 Å². The fourth-order valence-corrected chi connectivity index (χ4v) is 5.30. The second-order valence-electron chi connectivity index (χ2n) is 7.38. The molecule has 1 aromatic carbocycles. The highest BCUT2D eigenvalue weighted by molar-refractivity contribution is 7.91. The van der Waals surface area contributed by atoms with Gasteiger partial charge >= 0.3 is 0 Å². The smallest absolute Gasteiger partial charge is 0.153 e. The van der Waals surface area contributed by atoms with Gasteiger partial charge in [-0.3, -0.25) is 4.98 Å². The van der Waals surface area contributed by atoms with E-state index in [1.54, 1.807) is 29.0 Å². The van der Waals surface area contributed by atoms with Gasteiger partial charge in [0.2, 0.25) is 0 Å². The number of benzene rings is 1. The van der Waals surface area contributed by atoms with Crippen LogP contribution in [0.25, 0.3) is 27.9 Å². The molecular formula is C22H19FN4O2S. The molecule has 152 valence electrons. The van der Waals surface area contributed by atoms with E-state index >= 15 is 0 Å². The number of nitrogens with zero attached hydrogens (tertiary/aromatic N) is 3. The minimum absolute atomic E-state index is 0.0712. The number of hydrogen-bond acceptors (Lipinski definition) is 5. The van der Waals surface area contributed by atoms with Gasteiger partial charge in [0.05, 0.1) is 17.0 Å². The number of fused-ring (bicyclic) bond motifs is 1. The van der Waals surface area contributed by atoms with E-state index in [2.05, 4.69) is 10.3 Å². The van der Waals surface area contributed by atoms with Crippen molar-refractivity contribution in [1.82, 2.24) is 19.9 Å². The highest BCUT2D eigenvalue weighted by Crippen LogP contribution is 2.35. The highest BCUT2D eigenvalue weighted by Gasteiger charge is 2.26. The van der Waals surface area contributed by atoms with Crippen molar-refractivity contribution < 1.29 is 12.8 Å². The van der Waals surface area contributed by atoms with E-state index in [9.17, 15) is 12.8 Å². The summed E-state index contributed by atoms with van der Waals surface area (Å²) in [7, 11) is -3.06. The minimum atomic E-state index is -3.06. The van der Waals surface area contributed by atoms with Crippen LogP contribution in [0.4, 0.5) is 4.39 Å². The van der Waals surface area contributed by atoms with Crippen LogP contribution in [0.15, 0.2) is 67.1 Å². The summed E-state index contributed by atoms with van der Waals surface area (Å²) >= 11 is 0. The first kappa shape index (κ1) is 18.9. The first-order valence-electron chi connectivity index (χ1n) is 9.63. The van der Waals surface area contributed by atoms with Gasteiger partial charge in [0.15, 0.2) is 9.84 Å². The van der Waals surface area contributed by atoms with E-state index in [4.69, 9.17) is 5.10 Å². The maximum Gasteiger partial charge on any atom is 0.153 e. The Bertz CT molecular complexity index is 1320. The van der Waals surface area contributed by atoms with Crippen molar-refractivity contribution in [1.29, 1.82) is 0 Å². The van der Waals surface area contributed by atoms with Crippen LogP contribution < -0.4 is 5.32 Å². The van der Waals surface area contributed by atoms with Crippen LogP contribution in [-0.2, 0) is 9.84 Å². The van der Waals surface area contributed by atoms with Crippen LogP contribution in [0, 0.1) is 5.82 Å². The van der Waals surface area contributed by atoms with Gasteiger partial charge in [-0.2, -0.15) is 5.10 Å². The van der Waals surface area contributed by atoms with Crippen LogP contribution in [0.2, 0.25) is 0 Å². The Morgan fingerprint density at radius 1 is 1.00 bits per heavy atom. The fourth-order valence-electron chi connectivity index (χ4n) is 3.88. The van der Waals surface area contributed by atoms with Crippen molar-refractivity contribution in [3.8, 4) is 22.4 Å². The van der Waals surface area contributed by atoms with Gasteiger partial charge in [-0.05, 0) is 53.6 Å². The Labute approximate surface area is 173 Å². The third kappa shape index (κ3) is 3.48. The molecule has 1 atom stereocenters. The molecule has 5 rings (SSSR count). The summed E-state index contributed by atoms with van der Waals surface area (Å²) in [4.78, 5) is 4.10. The Kier molecular flexibility index (Phi) is 4.60. The van der Waals surface area contributed by atoms with Crippen molar-refractivity contribution in [2.45, 2.75) is 6.04 Å². The van der Waals surface area contributed by atoms with Gasteiger partial charge < -0.3 is 5.32 Å². The largest absolute Gasteiger partial charge is 0.308 e. The predicted molar refractivity (Wildman–Crippen MR) is 113 cm³/mol. The normalized spacial score (nSPS) is 18.5. The van der Waals surface area contributed by atoms with Gasteiger partial charge in [-0.15, -0.1) is 0 Å². The monoisotopic (exact) mass is 422 g/mol. The zero-order chi connectivity index (χ0) is 20.7. The number of nitrogens with one attached hydrogen (secondary N) is 1. The molecule has 0 radical (unpaired) electrons. The summed E-state index contributed by atoms with van der Waals surface area (Å²) < 4.78 is 39.3. The molecule has 6 nitrogen and oxygen atoms in total. The lowest BCUT2D eigenvalue weighted by Gasteiger charge is -2.23. The molecule has 1 fully saturated rings. The second-order valence-corrected chi connectivity index (χ2v) is 9.61. The van der Waals surface area contributed by atoms with E-state index in [0.717, 1.165) is 33.5 Å². The number of hydrogen-bond donors (Lipinski definition) is 1. The molecule has 1 saturated heterocycles. The van der Waals surface area contributed by atoms with Crippen molar-refractivity contribution >= 4 is 15.4 Å². The molecule has 1 N–H and O–H groups in total. The van der Waals surface area contributed by atoms with Crippen molar-refractivity contribution in [2.75, 3.05) is 18.1 Å². The second kappa shape index (κ2) is 7.30. The standard InChI is InChI=1S/C22H19FN4O2S/c23-18-4-1-16(2-5-18)22-21(15-7-9-24-10-8-15)20-6-3-17(13-27(20)26-22)19-14-30(28,29)12-11-25-19/h1-10,13,19,25H,11-12,14H2/t19-/m1/s1. The number of sulfone groups is 1. The summed E-state index contributed by atoms with van der Waals surface area (Å²) in [6.07, 6.45) is 5.31. The van der Waals surface area contributed by atoms with Crippen molar-refractivity contribution in [3.63, 3.8) is 0 Å². The third-order valence-corrected chi connectivity index (χ3v) is 7.03. The lowest BCUT2D eigenvalue weighted by molar-refractivity contribution is 0.529. The quantitative estimate of drug-likeness (QED) is 0.548. The molecule has 1 aliphatic heterocycles. The predicted octanol–water partition coefficient (Wildman–Crippen LogP) is 3.26. The summed E-state index contributed by atoms with van der Waals surface area (Å²) in [5.41, 5.74) is 5.13. The Balaban J connectivity index is 1.67. The molecule has 3 aromatic heterocycles. The van der Waals surface area contributed by atoms with Crippen LogP contribution in [-0.4, -0.2) is 41.1 Å². The lowest BCUT2D eigenvalue weighted by atomic mass is 10.0. The number of rotatable bonds is 3. The zero-order valence-electron chi connectivity index (χ0n) is 16.0. The molecule has 4 aromatic rings. The minimum Gasteiger partial charge on any atom is -0.308 e. The zero-order valence-corrected chi connectivity index (χ0v) is 16.8. The molecule has 1 aliphatic rings. The Hall–Kier alpha value is -3.10. The van der Waals surface area contributed by atoms with Gasteiger partial charge in [-0.25, -0.2) is 17.3 Å². The average molecular weight is 422 g/mol. The first-order valence-corrected chi connectivity index (χ1v) is 11.4. The van der Waals surface area contributed by atoms with Crippen LogP contribution >= 0.6 is 0 Å². The van der Waals surface area contributed by atoms with E-state index in [1.807, 2.05) is 30.5 Å². The SMILES string of the molecule is O=S1(=O)CCN[C@@H](c2ccc3c(-c4ccncc4)c(-c4ccc(F)cc4)nn3c2)C1. The summed E-state index contributed by atoms with van der Waals surface area (Å²) in [5, 5.41) is 8.05.